The minimum atomic E-state index is 0.491. The molecule has 1 heteroatoms. The van der Waals surface area contributed by atoms with Crippen LogP contribution in [0, 0.1) is 5.92 Å². The Kier molecular flexibility index (Phi) is 6.36. The molecule has 1 atom stereocenters. The van der Waals surface area contributed by atoms with Crippen molar-refractivity contribution in [2.75, 3.05) is 5.32 Å². The van der Waals surface area contributed by atoms with Gasteiger partial charge in [0.1, 0.15) is 0 Å². The highest BCUT2D eigenvalue weighted by Crippen LogP contribution is 2.43. The van der Waals surface area contributed by atoms with Gasteiger partial charge in [0.05, 0.1) is 0 Å². The maximum atomic E-state index is 3.84. The predicted octanol–water partition coefficient (Wildman–Crippen LogP) is 8.31. The van der Waals surface area contributed by atoms with E-state index in [0.717, 1.165) is 6.54 Å². The zero-order valence-electron chi connectivity index (χ0n) is 19.5. The van der Waals surface area contributed by atoms with Gasteiger partial charge in [0.15, 0.2) is 0 Å². The molecule has 0 aromatic heterocycles. The summed E-state index contributed by atoms with van der Waals surface area (Å²) in [6.07, 6.45) is 0. The molecule has 0 radical (unpaired) electrons. The third-order valence-corrected chi connectivity index (χ3v) is 6.78. The van der Waals surface area contributed by atoms with E-state index < -0.39 is 0 Å². The van der Waals surface area contributed by atoms with Crippen LogP contribution in [0.3, 0.4) is 0 Å². The molecule has 0 aliphatic heterocycles. The van der Waals surface area contributed by atoms with Crippen LogP contribution in [0.5, 0.6) is 0 Å². The van der Waals surface area contributed by atoms with Crippen molar-refractivity contribution < 1.29 is 0 Å². The topological polar surface area (TPSA) is 12.0 Å². The molecule has 0 spiro atoms. The smallest absolute Gasteiger partial charge is 0.0413 e. The average Bonchev–Trinajstić information content (AvgIpc) is 2.89. The fourth-order valence-electron chi connectivity index (χ4n) is 4.68. The Morgan fingerprint density at radius 1 is 0.793 bits per heavy atom. The quantitative estimate of drug-likeness (QED) is 0.525. The molecule has 154 valence electrons. The Balaban J connectivity index is 1.98. The number of allylic oxidation sites excluding steroid dienone is 4. The number of hydrogen-bond donors (Lipinski definition) is 1. The molecule has 0 fully saturated rings. The number of benzene rings is 2. The van der Waals surface area contributed by atoms with E-state index in [4.69, 9.17) is 0 Å². The van der Waals surface area contributed by atoms with Crippen LogP contribution in [0.25, 0.3) is 5.57 Å². The molecule has 0 amide bonds. The van der Waals surface area contributed by atoms with E-state index in [9.17, 15) is 0 Å². The lowest BCUT2D eigenvalue weighted by molar-refractivity contribution is 0.832. The molecule has 0 saturated heterocycles. The highest BCUT2D eigenvalue weighted by molar-refractivity contribution is 5.81. The first-order chi connectivity index (χ1) is 13.7. The normalized spacial score (nSPS) is 17.1. The van der Waals surface area contributed by atoms with E-state index in [-0.39, 0.29) is 0 Å². The van der Waals surface area contributed by atoms with E-state index in [1.54, 1.807) is 0 Å². The van der Waals surface area contributed by atoms with E-state index in [1.807, 2.05) is 0 Å². The van der Waals surface area contributed by atoms with E-state index in [2.05, 4.69) is 103 Å². The molecule has 29 heavy (non-hydrogen) atoms. The average molecular weight is 388 g/mol. The summed E-state index contributed by atoms with van der Waals surface area (Å²) in [4.78, 5) is 0. The van der Waals surface area contributed by atoms with Crippen molar-refractivity contribution in [3.05, 3.63) is 81.4 Å². The maximum Gasteiger partial charge on any atom is 0.0413 e. The number of rotatable bonds is 6. The van der Waals surface area contributed by atoms with Gasteiger partial charge in [-0.25, -0.2) is 0 Å². The summed E-state index contributed by atoms with van der Waals surface area (Å²) in [7, 11) is 0. The number of nitrogens with one attached hydrogen (secondary N) is 1. The van der Waals surface area contributed by atoms with Crippen LogP contribution in [0.2, 0.25) is 0 Å². The van der Waals surface area contributed by atoms with Gasteiger partial charge in [-0.3, -0.25) is 0 Å². The molecule has 0 heterocycles. The van der Waals surface area contributed by atoms with Crippen LogP contribution in [-0.2, 0) is 6.54 Å². The minimum absolute atomic E-state index is 0.491. The third-order valence-electron chi connectivity index (χ3n) is 6.78. The van der Waals surface area contributed by atoms with Crippen molar-refractivity contribution in [2.45, 2.75) is 73.8 Å². The lowest BCUT2D eigenvalue weighted by atomic mass is 9.88. The molecule has 1 aliphatic carbocycles. The first kappa shape index (κ1) is 21.4. The van der Waals surface area contributed by atoms with E-state index >= 15 is 0 Å². The lowest BCUT2D eigenvalue weighted by Gasteiger charge is -2.22. The Labute approximate surface area is 177 Å². The van der Waals surface area contributed by atoms with Crippen molar-refractivity contribution in [1.29, 1.82) is 0 Å². The zero-order chi connectivity index (χ0) is 21.3. The Hall–Kier alpha value is -2.28. The van der Waals surface area contributed by atoms with Gasteiger partial charge < -0.3 is 5.32 Å². The summed E-state index contributed by atoms with van der Waals surface area (Å²) >= 11 is 0. The summed E-state index contributed by atoms with van der Waals surface area (Å²) in [6, 6.07) is 15.7. The Bertz CT molecular complexity index is 930. The van der Waals surface area contributed by atoms with Gasteiger partial charge in [-0.05, 0) is 71.6 Å². The fourth-order valence-corrected chi connectivity index (χ4v) is 4.68. The molecule has 0 saturated carbocycles. The first-order valence-electron chi connectivity index (χ1n) is 11.1. The van der Waals surface area contributed by atoms with Crippen LogP contribution in [0.4, 0.5) is 5.69 Å². The standard InChI is InChI=1S/C28H37N/c1-17(2)24-14-11-15-25(18(3)4)28(24)29-16-23-12-9-10-13-26(23)27-21(7)19(5)20(6)22(27)8/h9-15,17-18,21,29H,16H2,1-8H3. The molecule has 1 N–H and O–H groups in total. The number of hydrogen-bond acceptors (Lipinski definition) is 1. The molecular weight excluding hydrogens is 350 g/mol. The summed E-state index contributed by atoms with van der Waals surface area (Å²) in [6.45, 7) is 19.2. The summed E-state index contributed by atoms with van der Waals surface area (Å²) in [5.41, 5.74) is 12.8. The molecule has 3 rings (SSSR count). The van der Waals surface area contributed by atoms with Gasteiger partial charge in [-0.2, -0.15) is 0 Å². The van der Waals surface area contributed by atoms with Gasteiger partial charge >= 0.3 is 0 Å². The molecule has 1 nitrogen and oxygen atoms in total. The number of anilines is 1. The molecule has 1 aliphatic rings. The summed E-state index contributed by atoms with van der Waals surface area (Å²) in [5.74, 6) is 1.49. The molecule has 1 unspecified atom stereocenters. The third kappa shape index (κ3) is 4.06. The van der Waals surface area contributed by atoms with Crippen LogP contribution in [-0.4, -0.2) is 0 Å². The number of para-hydroxylation sites is 1. The van der Waals surface area contributed by atoms with Crippen LogP contribution in [0.1, 0.15) is 89.5 Å². The highest BCUT2D eigenvalue weighted by Gasteiger charge is 2.26. The van der Waals surface area contributed by atoms with Crippen molar-refractivity contribution in [2.24, 2.45) is 5.92 Å². The van der Waals surface area contributed by atoms with Crippen LogP contribution < -0.4 is 5.32 Å². The summed E-state index contributed by atoms with van der Waals surface area (Å²) in [5, 5.41) is 3.84. The van der Waals surface area contributed by atoms with Gasteiger partial charge in [0, 0.05) is 18.2 Å². The summed E-state index contributed by atoms with van der Waals surface area (Å²) < 4.78 is 0. The van der Waals surface area contributed by atoms with E-state index in [1.165, 1.54) is 50.2 Å². The molecular formula is C28H37N. The second kappa shape index (κ2) is 8.61. The molecule has 0 bridgehead atoms. The van der Waals surface area contributed by atoms with Crippen molar-refractivity contribution >= 4 is 11.3 Å². The van der Waals surface area contributed by atoms with Crippen LogP contribution >= 0.6 is 0 Å². The Morgan fingerprint density at radius 3 is 1.90 bits per heavy atom. The fraction of sp³-hybridized carbons (Fsp3) is 0.429. The van der Waals surface area contributed by atoms with Gasteiger partial charge in [-0.1, -0.05) is 82.7 Å². The van der Waals surface area contributed by atoms with Crippen molar-refractivity contribution in [3.63, 3.8) is 0 Å². The maximum absolute atomic E-state index is 3.84. The first-order valence-corrected chi connectivity index (χ1v) is 11.1. The second-order valence-electron chi connectivity index (χ2n) is 9.20. The predicted molar refractivity (Wildman–Crippen MR) is 129 cm³/mol. The SMILES string of the molecule is CC1=C(C)C(C)C(c2ccccc2CNc2c(C(C)C)cccc2C(C)C)=C1C. The lowest BCUT2D eigenvalue weighted by Crippen LogP contribution is -2.10. The highest BCUT2D eigenvalue weighted by atomic mass is 14.9. The largest absolute Gasteiger partial charge is 0.380 e. The van der Waals surface area contributed by atoms with Gasteiger partial charge in [0.2, 0.25) is 0 Å². The second-order valence-corrected chi connectivity index (χ2v) is 9.20. The minimum Gasteiger partial charge on any atom is -0.380 e. The van der Waals surface area contributed by atoms with Gasteiger partial charge in [0.25, 0.3) is 0 Å². The monoisotopic (exact) mass is 387 g/mol. The molecule has 2 aromatic rings. The Morgan fingerprint density at radius 2 is 1.38 bits per heavy atom. The van der Waals surface area contributed by atoms with Crippen molar-refractivity contribution in [1.82, 2.24) is 0 Å². The van der Waals surface area contributed by atoms with Crippen molar-refractivity contribution in [3.8, 4) is 0 Å². The van der Waals surface area contributed by atoms with Crippen LogP contribution in [0.15, 0.2) is 59.2 Å². The zero-order valence-corrected chi connectivity index (χ0v) is 19.5. The van der Waals surface area contributed by atoms with E-state index in [0.29, 0.717) is 17.8 Å². The van der Waals surface area contributed by atoms with Gasteiger partial charge in [-0.15, -0.1) is 0 Å². The molecule has 2 aromatic carbocycles.